The SMILES string of the molecule is C[C@@H](C(=O)OCc1nc2sc3c(c2c(=O)[nH]1)CCCC3)N1C(=O)[C@H]2CCCC[C@H]2C1=O. The molecule has 1 aliphatic heterocycles. The topological polar surface area (TPSA) is 109 Å². The number of rotatable bonds is 4. The Morgan fingerprint density at radius 1 is 1.13 bits per heavy atom. The lowest BCUT2D eigenvalue weighted by Crippen LogP contribution is -2.44. The van der Waals surface area contributed by atoms with Crippen LogP contribution in [0.25, 0.3) is 10.2 Å². The third-order valence-corrected chi connectivity index (χ3v) is 8.01. The standard InChI is InChI=1S/C22H25N3O5S/c1-11(25-20(27)12-6-2-3-7-13(12)21(25)28)22(29)30-10-16-23-18(26)17-14-8-4-5-9-15(14)31-19(17)24-16/h11-13H,2-10H2,1H3,(H,23,24,26)/t11-,12-,13+/m0/s1. The number of thiophene rings is 1. The molecule has 2 aliphatic carbocycles. The van der Waals surface area contributed by atoms with Crippen molar-refractivity contribution in [3.63, 3.8) is 0 Å². The Hall–Kier alpha value is -2.55. The van der Waals surface area contributed by atoms with E-state index in [9.17, 15) is 19.2 Å². The second kappa shape index (κ2) is 7.85. The van der Waals surface area contributed by atoms with Gasteiger partial charge < -0.3 is 9.72 Å². The lowest BCUT2D eigenvalue weighted by molar-refractivity contribution is -0.159. The number of hydrogen-bond donors (Lipinski definition) is 1. The number of amides is 2. The number of likely N-dealkylation sites (tertiary alicyclic amines) is 1. The normalized spacial score (nSPS) is 24.2. The van der Waals surface area contributed by atoms with Gasteiger partial charge >= 0.3 is 5.97 Å². The molecule has 3 atom stereocenters. The lowest BCUT2D eigenvalue weighted by atomic mass is 9.81. The van der Waals surface area contributed by atoms with Crippen LogP contribution < -0.4 is 5.56 Å². The molecule has 2 fully saturated rings. The molecule has 2 aromatic heterocycles. The molecule has 1 N–H and O–H groups in total. The Bertz CT molecular complexity index is 1110. The van der Waals surface area contributed by atoms with E-state index >= 15 is 0 Å². The highest BCUT2D eigenvalue weighted by Crippen LogP contribution is 2.39. The summed E-state index contributed by atoms with van der Waals surface area (Å²) < 4.78 is 5.35. The van der Waals surface area contributed by atoms with Crippen LogP contribution in [0.3, 0.4) is 0 Å². The van der Waals surface area contributed by atoms with Crippen LogP contribution in [0.2, 0.25) is 0 Å². The van der Waals surface area contributed by atoms with Crippen molar-refractivity contribution in [3.8, 4) is 0 Å². The van der Waals surface area contributed by atoms with Crippen molar-refractivity contribution >= 4 is 39.3 Å². The maximum atomic E-state index is 12.7. The van der Waals surface area contributed by atoms with E-state index in [2.05, 4.69) is 9.97 Å². The fraction of sp³-hybridized carbons (Fsp3) is 0.591. The van der Waals surface area contributed by atoms with Gasteiger partial charge in [0.15, 0.2) is 0 Å². The van der Waals surface area contributed by atoms with Crippen molar-refractivity contribution in [2.24, 2.45) is 11.8 Å². The van der Waals surface area contributed by atoms with Crippen LogP contribution in [0.4, 0.5) is 0 Å². The van der Waals surface area contributed by atoms with Crippen molar-refractivity contribution in [3.05, 3.63) is 26.6 Å². The van der Waals surface area contributed by atoms with Gasteiger partial charge in [0.25, 0.3) is 5.56 Å². The number of H-pyrrole nitrogens is 1. The fourth-order valence-electron chi connectivity index (χ4n) is 5.21. The summed E-state index contributed by atoms with van der Waals surface area (Å²) in [6, 6.07) is -0.991. The van der Waals surface area contributed by atoms with Crippen molar-refractivity contribution in [1.29, 1.82) is 0 Å². The van der Waals surface area contributed by atoms with Crippen LogP contribution in [-0.4, -0.2) is 38.7 Å². The molecule has 3 heterocycles. The molecule has 2 amide bonds. The summed E-state index contributed by atoms with van der Waals surface area (Å²) in [5, 5.41) is 0.652. The van der Waals surface area contributed by atoms with Gasteiger partial charge in [-0.3, -0.25) is 19.3 Å². The first kappa shape index (κ1) is 20.4. The van der Waals surface area contributed by atoms with E-state index < -0.39 is 12.0 Å². The molecule has 2 aromatic rings. The van der Waals surface area contributed by atoms with Crippen LogP contribution in [0.1, 0.15) is 61.7 Å². The third-order valence-electron chi connectivity index (χ3n) is 6.83. The average Bonchev–Trinajstić information content (AvgIpc) is 3.27. The first-order valence-electron chi connectivity index (χ1n) is 11.0. The summed E-state index contributed by atoms with van der Waals surface area (Å²) in [5.74, 6) is -1.55. The molecule has 8 nitrogen and oxygen atoms in total. The zero-order valence-electron chi connectivity index (χ0n) is 17.4. The number of ether oxygens (including phenoxy) is 1. The van der Waals surface area contributed by atoms with E-state index in [1.54, 1.807) is 0 Å². The molecule has 0 radical (unpaired) electrons. The van der Waals surface area contributed by atoms with Crippen LogP contribution >= 0.6 is 11.3 Å². The highest BCUT2D eigenvalue weighted by atomic mass is 32.1. The van der Waals surface area contributed by atoms with Crippen LogP contribution in [0, 0.1) is 11.8 Å². The number of aryl methyl sites for hydroxylation is 2. The Labute approximate surface area is 183 Å². The van der Waals surface area contributed by atoms with Gasteiger partial charge in [0.2, 0.25) is 11.8 Å². The Morgan fingerprint density at radius 2 is 1.81 bits per heavy atom. The first-order valence-corrected chi connectivity index (χ1v) is 11.8. The van der Waals surface area contributed by atoms with Gasteiger partial charge in [0, 0.05) is 4.88 Å². The third kappa shape index (κ3) is 3.39. The number of aromatic nitrogens is 2. The number of aromatic amines is 1. The van der Waals surface area contributed by atoms with E-state index in [4.69, 9.17) is 4.74 Å². The van der Waals surface area contributed by atoms with Gasteiger partial charge in [-0.2, -0.15) is 0 Å². The molecule has 0 bridgehead atoms. The molecular weight excluding hydrogens is 418 g/mol. The smallest absolute Gasteiger partial charge is 0.329 e. The number of imide groups is 1. The largest absolute Gasteiger partial charge is 0.456 e. The molecule has 0 unspecified atom stereocenters. The number of nitrogens with one attached hydrogen (secondary N) is 1. The molecule has 3 aliphatic rings. The molecular formula is C22H25N3O5S. The van der Waals surface area contributed by atoms with Gasteiger partial charge in [-0.25, -0.2) is 9.78 Å². The maximum absolute atomic E-state index is 12.7. The van der Waals surface area contributed by atoms with E-state index in [-0.39, 0.29) is 41.6 Å². The Morgan fingerprint density at radius 3 is 2.52 bits per heavy atom. The Balaban J connectivity index is 1.30. The summed E-state index contributed by atoms with van der Waals surface area (Å²) in [6.07, 6.45) is 7.32. The van der Waals surface area contributed by atoms with Gasteiger partial charge in [-0.05, 0) is 51.0 Å². The number of carbonyl (C=O) groups is 3. The number of carbonyl (C=O) groups excluding carboxylic acids is 3. The van der Waals surface area contributed by atoms with Crippen LogP contribution in [-0.2, 0) is 38.6 Å². The zero-order valence-corrected chi connectivity index (χ0v) is 18.3. The van der Waals surface area contributed by atoms with Crippen molar-refractivity contribution < 1.29 is 19.1 Å². The van der Waals surface area contributed by atoms with Gasteiger partial charge in [0.05, 0.1) is 17.2 Å². The van der Waals surface area contributed by atoms with Gasteiger partial charge in [-0.15, -0.1) is 11.3 Å². The van der Waals surface area contributed by atoms with E-state index in [0.29, 0.717) is 23.1 Å². The molecule has 5 rings (SSSR count). The number of nitrogens with zero attached hydrogens (tertiary/aromatic N) is 2. The second-order valence-corrected chi connectivity index (χ2v) is 9.81. The highest BCUT2D eigenvalue weighted by Gasteiger charge is 2.51. The predicted molar refractivity (Wildman–Crippen MR) is 113 cm³/mol. The molecule has 0 aromatic carbocycles. The van der Waals surface area contributed by atoms with E-state index in [1.165, 1.54) is 23.1 Å². The molecule has 1 saturated heterocycles. The number of hydrogen-bond acceptors (Lipinski definition) is 7. The summed E-state index contributed by atoms with van der Waals surface area (Å²) in [4.78, 5) is 60.8. The minimum Gasteiger partial charge on any atom is -0.456 e. The summed E-state index contributed by atoms with van der Waals surface area (Å²) in [7, 11) is 0. The quantitative estimate of drug-likeness (QED) is 0.574. The van der Waals surface area contributed by atoms with Crippen molar-refractivity contribution in [1.82, 2.24) is 14.9 Å². The molecule has 164 valence electrons. The van der Waals surface area contributed by atoms with E-state index in [1.807, 2.05) is 0 Å². The average molecular weight is 444 g/mol. The summed E-state index contributed by atoms with van der Waals surface area (Å²) >= 11 is 1.53. The van der Waals surface area contributed by atoms with Crippen LogP contribution in [0.15, 0.2) is 4.79 Å². The first-order chi connectivity index (χ1) is 15.0. The molecule has 0 spiro atoms. The molecule has 1 saturated carbocycles. The second-order valence-electron chi connectivity index (χ2n) is 8.73. The monoisotopic (exact) mass is 443 g/mol. The minimum absolute atomic E-state index is 0.208. The maximum Gasteiger partial charge on any atom is 0.329 e. The molecule has 31 heavy (non-hydrogen) atoms. The summed E-state index contributed by atoms with van der Waals surface area (Å²) in [5.41, 5.74) is 0.891. The van der Waals surface area contributed by atoms with E-state index in [0.717, 1.165) is 49.0 Å². The summed E-state index contributed by atoms with van der Waals surface area (Å²) in [6.45, 7) is 1.31. The highest BCUT2D eigenvalue weighted by molar-refractivity contribution is 7.18. The number of fused-ring (bicyclic) bond motifs is 4. The zero-order chi connectivity index (χ0) is 21.7. The van der Waals surface area contributed by atoms with Gasteiger partial charge in [0.1, 0.15) is 23.3 Å². The minimum atomic E-state index is -0.991. The van der Waals surface area contributed by atoms with Gasteiger partial charge in [-0.1, -0.05) is 12.8 Å². The van der Waals surface area contributed by atoms with Crippen molar-refractivity contribution in [2.75, 3.05) is 0 Å². The fourth-order valence-corrected chi connectivity index (χ4v) is 6.49. The number of esters is 1. The predicted octanol–water partition coefficient (Wildman–Crippen LogP) is 2.47. The van der Waals surface area contributed by atoms with Crippen molar-refractivity contribution in [2.45, 2.75) is 70.9 Å². The lowest BCUT2D eigenvalue weighted by Gasteiger charge is -2.21. The Kier molecular flexibility index (Phi) is 5.16. The van der Waals surface area contributed by atoms with Crippen LogP contribution in [0.5, 0.6) is 0 Å². The molecule has 9 heteroatoms.